The van der Waals surface area contributed by atoms with Crippen LogP contribution in [0.3, 0.4) is 0 Å². The second-order valence-corrected chi connectivity index (χ2v) is 6.80. The van der Waals surface area contributed by atoms with Gasteiger partial charge < -0.3 is 10.4 Å². The van der Waals surface area contributed by atoms with Crippen LogP contribution in [0.2, 0.25) is 0 Å². The van der Waals surface area contributed by atoms with Gasteiger partial charge in [0.25, 0.3) is 0 Å². The van der Waals surface area contributed by atoms with E-state index in [9.17, 15) is 4.79 Å². The molecule has 1 saturated heterocycles. The highest BCUT2D eigenvalue weighted by molar-refractivity contribution is 7.09. The van der Waals surface area contributed by atoms with Crippen molar-refractivity contribution in [3.63, 3.8) is 0 Å². The lowest BCUT2D eigenvalue weighted by atomic mass is 9.98. The number of hydrogen-bond donors (Lipinski definition) is 2. The number of nitrogens with zero attached hydrogens (tertiary/aromatic N) is 2. The molecule has 0 bridgehead atoms. The number of β-amino-alcohol motifs (C(OH)–C–C–N with tert-alkyl or cyclic N) is 1. The van der Waals surface area contributed by atoms with Crippen LogP contribution in [0.25, 0.3) is 0 Å². The van der Waals surface area contributed by atoms with Crippen LogP contribution in [0.15, 0.2) is 5.38 Å². The lowest BCUT2D eigenvalue weighted by Gasteiger charge is -2.19. The molecule has 0 aliphatic carbocycles. The zero-order valence-corrected chi connectivity index (χ0v) is 13.7. The number of nitrogens with one attached hydrogen (secondary N) is 1. The average molecular weight is 311 g/mol. The highest BCUT2D eigenvalue weighted by atomic mass is 32.1. The van der Waals surface area contributed by atoms with Crippen molar-refractivity contribution in [1.82, 2.24) is 15.2 Å². The summed E-state index contributed by atoms with van der Waals surface area (Å²) in [5.41, 5.74) is 0.854. The molecule has 5 nitrogen and oxygen atoms in total. The van der Waals surface area contributed by atoms with E-state index in [1.54, 1.807) is 11.3 Å². The Hall–Kier alpha value is -0.980. The molecule has 1 amide bonds. The van der Waals surface area contributed by atoms with Crippen molar-refractivity contribution >= 4 is 17.2 Å². The first kappa shape index (κ1) is 16.4. The van der Waals surface area contributed by atoms with Gasteiger partial charge in [-0.05, 0) is 19.3 Å². The van der Waals surface area contributed by atoms with Crippen LogP contribution >= 0.6 is 11.3 Å². The zero-order chi connectivity index (χ0) is 15.2. The number of amides is 1. The van der Waals surface area contributed by atoms with Gasteiger partial charge in [0.2, 0.25) is 5.91 Å². The minimum absolute atomic E-state index is 0.0530. The molecule has 1 fully saturated rings. The summed E-state index contributed by atoms with van der Waals surface area (Å²) in [6, 6.07) is 0.198. The fraction of sp³-hybridized carbons (Fsp3) is 0.733. The van der Waals surface area contributed by atoms with Gasteiger partial charge in [-0.15, -0.1) is 11.3 Å². The average Bonchev–Trinajstić information content (AvgIpc) is 2.98. The predicted molar refractivity (Wildman–Crippen MR) is 84.4 cm³/mol. The van der Waals surface area contributed by atoms with Gasteiger partial charge in [0.05, 0.1) is 23.7 Å². The third-order valence-corrected chi connectivity index (χ3v) is 4.77. The predicted octanol–water partition coefficient (Wildman–Crippen LogP) is 1.20. The van der Waals surface area contributed by atoms with Gasteiger partial charge in [-0.1, -0.05) is 13.3 Å². The molecule has 2 heterocycles. The van der Waals surface area contributed by atoms with E-state index in [1.807, 2.05) is 12.3 Å². The van der Waals surface area contributed by atoms with Crippen molar-refractivity contribution in [2.45, 2.75) is 39.2 Å². The first-order chi connectivity index (χ1) is 10.1. The van der Waals surface area contributed by atoms with Crippen molar-refractivity contribution in [1.29, 1.82) is 0 Å². The highest BCUT2D eigenvalue weighted by Gasteiger charge is 2.32. The van der Waals surface area contributed by atoms with Crippen LogP contribution < -0.4 is 5.32 Å². The van der Waals surface area contributed by atoms with E-state index in [2.05, 4.69) is 22.1 Å². The maximum absolute atomic E-state index is 12.2. The standard InChI is InChI=1S/C15H25N3O2S/c1-3-4-12-8-18(5-6-19)9-14(12)17-15(20)7-13-10-21-11(2)16-13/h10,12,14,19H,3-9H2,1-2H3,(H,17,20). The molecule has 6 heteroatoms. The van der Waals surface area contributed by atoms with Gasteiger partial charge in [-0.25, -0.2) is 4.98 Å². The summed E-state index contributed by atoms with van der Waals surface area (Å²) in [4.78, 5) is 18.8. The van der Waals surface area contributed by atoms with E-state index in [0.717, 1.165) is 36.6 Å². The lowest BCUT2D eigenvalue weighted by molar-refractivity contribution is -0.121. The molecule has 2 rings (SSSR count). The van der Waals surface area contributed by atoms with Crippen molar-refractivity contribution in [3.05, 3.63) is 16.1 Å². The number of aliphatic hydroxyl groups excluding tert-OH is 1. The molecular formula is C15H25N3O2S. The molecule has 2 N–H and O–H groups in total. The molecule has 1 aliphatic rings. The quantitative estimate of drug-likeness (QED) is 0.794. The number of likely N-dealkylation sites (tertiary alicyclic amines) is 1. The van der Waals surface area contributed by atoms with Crippen LogP contribution in [0.1, 0.15) is 30.5 Å². The summed E-state index contributed by atoms with van der Waals surface area (Å²) in [7, 11) is 0. The normalized spacial score (nSPS) is 22.6. The molecule has 0 radical (unpaired) electrons. The number of thiazole rings is 1. The van der Waals surface area contributed by atoms with E-state index in [-0.39, 0.29) is 18.6 Å². The minimum Gasteiger partial charge on any atom is -0.395 e. The third-order valence-electron chi connectivity index (χ3n) is 3.95. The van der Waals surface area contributed by atoms with E-state index in [1.165, 1.54) is 0 Å². The molecule has 118 valence electrons. The molecule has 0 aromatic carbocycles. The highest BCUT2D eigenvalue weighted by Crippen LogP contribution is 2.21. The van der Waals surface area contributed by atoms with E-state index < -0.39 is 0 Å². The molecule has 0 spiro atoms. The Morgan fingerprint density at radius 3 is 3.00 bits per heavy atom. The summed E-state index contributed by atoms with van der Waals surface area (Å²) >= 11 is 1.58. The first-order valence-electron chi connectivity index (χ1n) is 7.66. The molecule has 2 atom stereocenters. The number of rotatable bonds is 7. The van der Waals surface area contributed by atoms with Crippen LogP contribution in [0.5, 0.6) is 0 Å². The van der Waals surface area contributed by atoms with Gasteiger partial charge >= 0.3 is 0 Å². The van der Waals surface area contributed by atoms with Crippen LogP contribution in [0, 0.1) is 12.8 Å². The molecule has 1 aliphatic heterocycles. The van der Waals surface area contributed by atoms with E-state index in [4.69, 9.17) is 5.11 Å². The zero-order valence-electron chi connectivity index (χ0n) is 12.8. The number of aliphatic hydroxyl groups is 1. The second kappa shape index (κ2) is 7.87. The SMILES string of the molecule is CCCC1CN(CCO)CC1NC(=O)Cc1csc(C)n1. The number of carbonyl (C=O) groups excluding carboxylic acids is 1. The van der Waals surface area contributed by atoms with Gasteiger partial charge in [-0.3, -0.25) is 9.69 Å². The van der Waals surface area contributed by atoms with E-state index >= 15 is 0 Å². The molecule has 1 aromatic heterocycles. The summed E-state index contributed by atoms with van der Waals surface area (Å²) in [6.45, 7) is 6.80. The largest absolute Gasteiger partial charge is 0.395 e. The Kier molecular flexibility index (Phi) is 6.14. The smallest absolute Gasteiger partial charge is 0.226 e. The van der Waals surface area contributed by atoms with Crippen molar-refractivity contribution in [2.24, 2.45) is 5.92 Å². The Balaban J connectivity index is 1.88. The van der Waals surface area contributed by atoms with Crippen molar-refractivity contribution < 1.29 is 9.90 Å². The molecule has 21 heavy (non-hydrogen) atoms. The van der Waals surface area contributed by atoms with E-state index in [0.29, 0.717) is 18.9 Å². The van der Waals surface area contributed by atoms with Crippen LogP contribution in [-0.4, -0.2) is 53.2 Å². The monoisotopic (exact) mass is 311 g/mol. The summed E-state index contributed by atoms with van der Waals surface area (Å²) < 4.78 is 0. The third kappa shape index (κ3) is 4.76. The Morgan fingerprint density at radius 2 is 2.38 bits per heavy atom. The number of aryl methyl sites for hydroxylation is 1. The maximum Gasteiger partial charge on any atom is 0.226 e. The Bertz CT molecular complexity index is 464. The number of carbonyl (C=O) groups is 1. The number of hydrogen-bond acceptors (Lipinski definition) is 5. The first-order valence-corrected chi connectivity index (χ1v) is 8.54. The minimum atomic E-state index is 0.0530. The maximum atomic E-state index is 12.2. The van der Waals surface area contributed by atoms with Gasteiger partial charge in [0, 0.05) is 31.1 Å². The van der Waals surface area contributed by atoms with Gasteiger partial charge in [-0.2, -0.15) is 0 Å². The summed E-state index contributed by atoms with van der Waals surface area (Å²) in [5, 5.41) is 15.2. The molecule has 2 unspecified atom stereocenters. The summed E-state index contributed by atoms with van der Waals surface area (Å²) in [6.07, 6.45) is 2.59. The molecular weight excluding hydrogens is 286 g/mol. The second-order valence-electron chi connectivity index (χ2n) is 5.74. The fourth-order valence-electron chi connectivity index (χ4n) is 3.02. The van der Waals surface area contributed by atoms with Gasteiger partial charge in [0.15, 0.2) is 0 Å². The molecule has 1 aromatic rings. The lowest BCUT2D eigenvalue weighted by Crippen LogP contribution is -2.41. The fourth-order valence-corrected chi connectivity index (χ4v) is 3.64. The Labute approximate surface area is 130 Å². The summed E-state index contributed by atoms with van der Waals surface area (Å²) in [5.74, 6) is 0.542. The van der Waals surface area contributed by atoms with Crippen LogP contribution in [-0.2, 0) is 11.2 Å². The van der Waals surface area contributed by atoms with Crippen LogP contribution in [0.4, 0.5) is 0 Å². The van der Waals surface area contributed by atoms with Crippen molar-refractivity contribution in [3.8, 4) is 0 Å². The van der Waals surface area contributed by atoms with Gasteiger partial charge in [0.1, 0.15) is 0 Å². The number of aromatic nitrogens is 1. The molecule has 0 saturated carbocycles. The Morgan fingerprint density at radius 1 is 1.57 bits per heavy atom. The topological polar surface area (TPSA) is 65.5 Å². The van der Waals surface area contributed by atoms with Crippen molar-refractivity contribution in [2.75, 3.05) is 26.2 Å².